The van der Waals surface area contributed by atoms with Crippen LogP contribution in [-0.4, -0.2) is 26.9 Å². The van der Waals surface area contributed by atoms with E-state index in [2.05, 4.69) is 10.5 Å². The number of hydrogen-bond acceptors (Lipinski definition) is 6. The number of halogens is 1. The number of aryl methyl sites for hydroxylation is 3. The van der Waals surface area contributed by atoms with Gasteiger partial charge < -0.3 is 0 Å². The zero-order valence-electron chi connectivity index (χ0n) is 20.0. The third-order valence-corrected chi connectivity index (χ3v) is 8.65. The van der Waals surface area contributed by atoms with Gasteiger partial charge in [-0.2, -0.15) is 5.10 Å². The average Bonchev–Trinajstić information content (AvgIpc) is 3.26. The summed E-state index contributed by atoms with van der Waals surface area (Å²) in [5.74, 6) is -0.226. The van der Waals surface area contributed by atoms with Crippen LogP contribution < -0.4 is 11.0 Å². The summed E-state index contributed by atoms with van der Waals surface area (Å²) in [7, 11) is 0. The van der Waals surface area contributed by atoms with Crippen molar-refractivity contribution in [1.82, 2.24) is 15.0 Å². The van der Waals surface area contributed by atoms with Crippen molar-refractivity contribution >= 4 is 56.5 Å². The number of thiophene rings is 1. The molecule has 0 saturated heterocycles. The van der Waals surface area contributed by atoms with Crippen molar-refractivity contribution in [2.75, 3.05) is 5.75 Å². The Morgan fingerprint density at radius 2 is 1.92 bits per heavy atom. The number of hydrazone groups is 1. The number of amides is 1. The highest BCUT2D eigenvalue weighted by molar-refractivity contribution is 7.99. The maximum absolute atomic E-state index is 13.8. The first kappa shape index (κ1) is 24.7. The lowest BCUT2D eigenvalue weighted by atomic mass is 9.97. The molecule has 4 aromatic rings. The van der Waals surface area contributed by atoms with Crippen molar-refractivity contribution in [2.24, 2.45) is 5.10 Å². The molecule has 184 valence electrons. The molecule has 0 bridgehead atoms. The maximum Gasteiger partial charge on any atom is 0.267 e. The highest BCUT2D eigenvalue weighted by Gasteiger charge is 2.23. The fourth-order valence-electron chi connectivity index (χ4n) is 4.33. The quantitative estimate of drug-likeness (QED) is 0.144. The second-order valence-corrected chi connectivity index (χ2v) is 11.2. The Bertz CT molecular complexity index is 1540. The van der Waals surface area contributed by atoms with E-state index in [0.29, 0.717) is 15.9 Å². The van der Waals surface area contributed by atoms with Crippen molar-refractivity contribution < 1.29 is 4.79 Å². The van der Waals surface area contributed by atoms with E-state index in [9.17, 15) is 9.59 Å². The van der Waals surface area contributed by atoms with Gasteiger partial charge in [-0.15, -0.1) is 11.3 Å². The van der Waals surface area contributed by atoms with E-state index in [1.54, 1.807) is 28.9 Å². The standard InChI is InChI=1S/C27H25ClN4O2S2/c1-16-11-13-18(14-12-16)32-26(34)24-20-8-4-6-10-22(20)36-25(24)29-27(32)35-15-23(33)31-30-17(2)19-7-3-5-9-21(19)28/h3,5,7,9,11-14H,4,6,8,10,15H2,1-2H3,(H,31,33). The summed E-state index contributed by atoms with van der Waals surface area (Å²) in [6.07, 6.45) is 4.14. The number of benzene rings is 2. The van der Waals surface area contributed by atoms with Gasteiger partial charge in [0.05, 0.1) is 22.5 Å². The van der Waals surface area contributed by atoms with Gasteiger partial charge in [-0.05, 0) is 63.3 Å². The molecule has 9 heteroatoms. The number of aromatic nitrogens is 2. The molecule has 2 heterocycles. The lowest BCUT2D eigenvalue weighted by molar-refractivity contribution is -0.118. The number of fused-ring (bicyclic) bond motifs is 3. The van der Waals surface area contributed by atoms with E-state index < -0.39 is 0 Å². The summed E-state index contributed by atoms with van der Waals surface area (Å²) in [6, 6.07) is 15.1. The first-order chi connectivity index (χ1) is 17.4. The lowest BCUT2D eigenvalue weighted by Gasteiger charge is -2.13. The molecule has 2 aromatic heterocycles. The summed E-state index contributed by atoms with van der Waals surface area (Å²) < 4.78 is 1.64. The van der Waals surface area contributed by atoms with E-state index in [-0.39, 0.29) is 17.2 Å². The van der Waals surface area contributed by atoms with Crippen LogP contribution in [0.1, 0.15) is 41.3 Å². The van der Waals surface area contributed by atoms with Crippen LogP contribution in [0.15, 0.2) is 63.6 Å². The number of nitrogens with zero attached hydrogens (tertiary/aromatic N) is 3. The molecule has 2 aromatic carbocycles. The molecule has 1 N–H and O–H groups in total. The normalized spacial score (nSPS) is 13.6. The Hall–Kier alpha value is -2.94. The topological polar surface area (TPSA) is 76.3 Å². The van der Waals surface area contributed by atoms with Crippen LogP contribution in [0.4, 0.5) is 0 Å². The van der Waals surface area contributed by atoms with Gasteiger partial charge in [0.25, 0.3) is 11.5 Å². The zero-order chi connectivity index (χ0) is 25.2. The third kappa shape index (κ3) is 4.98. The largest absolute Gasteiger partial charge is 0.272 e. The van der Waals surface area contributed by atoms with E-state index >= 15 is 0 Å². The Balaban J connectivity index is 1.45. The molecular weight excluding hydrogens is 512 g/mol. The molecule has 5 rings (SSSR count). The fourth-order valence-corrected chi connectivity index (χ4v) is 6.71. The van der Waals surface area contributed by atoms with Crippen LogP contribution in [0.5, 0.6) is 0 Å². The molecule has 36 heavy (non-hydrogen) atoms. The highest BCUT2D eigenvalue weighted by atomic mass is 35.5. The van der Waals surface area contributed by atoms with Gasteiger partial charge in [-0.3, -0.25) is 14.2 Å². The summed E-state index contributed by atoms with van der Waals surface area (Å²) in [5.41, 5.74) is 6.89. The van der Waals surface area contributed by atoms with Gasteiger partial charge in [-0.25, -0.2) is 10.4 Å². The minimum Gasteiger partial charge on any atom is -0.272 e. The molecule has 1 aliphatic carbocycles. The second-order valence-electron chi connectivity index (χ2n) is 8.76. The zero-order valence-corrected chi connectivity index (χ0v) is 22.4. The summed E-state index contributed by atoms with van der Waals surface area (Å²) >= 11 is 9.06. The van der Waals surface area contributed by atoms with E-state index in [4.69, 9.17) is 16.6 Å². The number of thioether (sulfide) groups is 1. The summed E-state index contributed by atoms with van der Waals surface area (Å²) in [5, 5.41) is 5.99. The van der Waals surface area contributed by atoms with E-state index in [1.807, 2.05) is 49.4 Å². The molecule has 1 aliphatic rings. The first-order valence-electron chi connectivity index (χ1n) is 11.8. The molecule has 0 fully saturated rings. The average molecular weight is 537 g/mol. The predicted octanol–water partition coefficient (Wildman–Crippen LogP) is 5.92. The maximum atomic E-state index is 13.8. The number of carbonyl (C=O) groups excluding carboxylic acids is 1. The molecule has 0 unspecified atom stereocenters. The Kier molecular flexibility index (Phi) is 7.27. The third-order valence-electron chi connectivity index (χ3n) is 6.19. The number of nitrogens with one attached hydrogen (secondary N) is 1. The molecule has 0 aliphatic heterocycles. The minimum absolute atomic E-state index is 0.0637. The van der Waals surface area contributed by atoms with Crippen molar-refractivity contribution in [2.45, 2.75) is 44.7 Å². The van der Waals surface area contributed by atoms with Crippen molar-refractivity contribution in [3.8, 4) is 5.69 Å². The van der Waals surface area contributed by atoms with Crippen molar-refractivity contribution in [3.63, 3.8) is 0 Å². The van der Waals surface area contributed by atoms with Crippen LogP contribution >= 0.6 is 34.7 Å². The monoisotopic (exact) mass is 536 g/mol. The summed E-state index contributed by atoms with van der Waals surface area (Å²) in [4.78, 5) is 33.3. The van der Waals surface area contributed by atoms with Crippen LogP contribution in [0.2, 0.25) is 5.02 Å². The molecule has 0 spiro atoms. The molecule has 0 saturated carbocycles. The highest BCUT2D eigenvalue weighted by Crippen LogP contribution is 2.35. The molecular formula is C27H25ClN4O2S2. The van der Waals surface area contributed by atoms with Gasteiger partial charge in [0.2, 0.25) is 0 Å². The number of rotatable bonds is 6. The smallest absolute Gasteiger partial charge is 0.267 e. The lowest BCUT2D eigenvalue weighted by Crippen LogP contribution is -2.24. The van der Waals surface area contributed by atoms with Crippen LogP contribution in [0, 0.1) is 6.92 Å². The number of carbonyl (C=O) groups is 1. The SMILES string of the molecule is CC(=NNC(=O)CSc1nc2sc3c(c2c(=O)n1-c1ccc(C)cc1)CCCC3)c1ccccc1Cl. The van der Waals surface area contributed by atoms with E-state index in [1.165, 1.54) is 16.6 Å². The molecule has 0 radical (unpaired) electrons. The Morgan fingerprint density at radius 3 is 2.69 bits per heavy atom. The Labute approximate surface area is 222 Å². The van der Waals surface area contributed by atoms with Crippen LogP contribution in [0.25, 0.3) is 15.9 Å². The fraction of sp³-hybridized carbons (Fsp3) is 0.259. The first-order valence-corrected chi connectivity index (χ1v) is 14.0. The molecule has 0 atom stereocenters. The van der Waals surface area contributed by atoms with Gasteiger partial charge in [-0.1, -0.05) is 59.3 Å². The second kappa shape index (κ2) is 10.6. The predicted molar refractivity (Wildman–Crippen MR) is 149 cm³/mol. The van der Waals surface area contributed by atoms with Crippen LogP contribution in [-0.2, 0) is 17.6 Å². The summed E-state index contributed by atoms with van der Waals surface area (Å²) in [6.45, 7) is 3.80. The van der Waals surface area contributed by atoms with Gasteiger partial charge in [0, 0.05) is 15.5 Å². The van der Waals surface area contributed by atoms with Gasteiger partial charge >= 0.3 is 0 Å². The minimum atomic E-state index is -0.290. The Morgan fingerprint density at radius 1 is 1.17 bits per heavy atom. The van der Waals surface area contributed by atoms with Gasteiger partial charge in [0.15, 0.2) is 5.16 Å². The molecule has 6 nitrogen and oxygen atoms in total. The van der Waals surface area contributed by atoms with Crippen LogP contribution in [0.3, 0.4) is 0 Å². The number of hydrogen-bond donors (Lipinski definition) is 1. The molecule has 1 amide bonds. The van der Waals surface area contributed by atoms with Crippen molar-refractivity contribution in [1.29, 1.82) is 0 Å². The van der Waals surface area contributed by atoms with Crippen molar-refractivity contribution in [3.05, 3.63) is 85.5 Å². The van der Waals surface area contributed by atoms with Gasteiger partial charge in [0.1, 0.15) is 4.83 Å². The van der Waals surface area contributed by atoms with E-state index in [0.717, 1.165) is 58.3 Å².